The van der Waals surface area contributed by atoms with Crippen LogP contribution in [0.3, 0.4) is 0 Å². The van der Waals surface area contributed by atoms with Crippen LogP contribution in [0.1, 0.15) is 13.3 Å². The minimum absolute atomic E-state index is 0.555. The first-order valence-electron chi connectivity index (χ1n) is 6.44. The van der Waals surface area contributed by atoms with Crippen molar-refractivity contribution < 1.29 is 0 Å². The minimum Gasteiger partial charge on any atom is -0.149 e. The second-order valence-corrected chi connectivity index (χ2v) is 5.82. The van der Waals surface area contributed by atoms with Crippen molar-refractivity contribution in [1.29, 1.82) is 0 Å². The Labute approximate surface area is 115 Å². The molecule has 0 nitrogen and oxygen atoms in total. The molecule has 94 valence electrons. The Balaban J connectivity index is 2.08. The first kappa shape index (κ1) is 13.2. The summed E-state index contributed by atoms with van der Waals surface area (Å²) >= 11 is 2.01. The Morgan fingerprint density at radius 3 is 2.89 bits per heavy atom. The zero-order valence-electron chi connectivity index (χ0n) is 10.9. The number of hydrogen-bond acceptors (Lipinski definition) is 1. The van der Waals surface area contributed by atoms with Crippen molar-refractivity contribution in [2.45, 2.75) is 18.6 Å². The molecule has 2 atom stereocenters. The van der Waals surface area contributed by atoms with Gasteiger partial charge in [-0.25, -0.2) is 0 Å². The first-order valence-corrected chi connectivity index (χ1v) is 7.49. The van der Waals surface area contributed by atoms with E-state index in [1.165, 1.54) is 5.57 Å². The fourth-order valence-electron chi connectivity index (χ4n) is 2.19. The molecule has 2 unspecified atom stereocenters. The molecule has 0 aromatic heterocycles. The van der Waals surface area contributed by atoms with Crippen LogP contribution in [-0.4, -0.2) is 11.0 Å². The highest BCUT2D eigenvalue weighted by atomic mass is 32.2. The third kappa shape index (κ3) is 2.97. The van der Waals surface area contributed by atoms with Crippen molar-refractivity contribution in [3.63, 3.8) is 0 Å². The van der Waals surface area contributed by atoms with Crippen LogP contribution >= 0.6 is 11.8 Å². The fourth-order valence-corrected chi connectivity index (χ4v) is 3.53. The molecule has 1 aliphatic carbocycles. The maximum absolute atomic E-state index is 4.13. The highest BCUT2D eigenvalue weighted by Gasteiger charge is 2.29. The van der Waals surface area contributed by atoms with Crippen LogP contribution in [0, 0.1) is 5.92 Å². The van der Waals surface area contributed by atoms with Crippen molar-refractivity contribution in [2.75, 3.05) is 5.75 Å². The highest BCUT2D eigenvalue weighted by molar-refractivity contribution is 8.00. The van der Waals surface area contributed by atoms with Crippen molar-refractivity contribution in [3.05, 3.63) is 72.4 Å². The average Bonchev–Trinajstić information content (AvgIpc) is 2.79. The van der Waals surface area contributed by atoms with Gasteiger partial charge >= 0.3 is 0 Å². The topological polar surface area (TPSA) is 0 Å². The van der Waals surface area contributed by atoms with E-state index in [4.69, 9.17) is 0 Å². The van der Waals surface area contributed by atoms with Gasteiger partial charge in [0.2, 0.25) is 0 Å². The number of thioether (sulfide) groups is 1. The summed E-state index contributed by atoms with van der Waals surface area (Å²) in [4.78, 5) is 0. The van der Waals surface area contributed by atoms with E-state index in [2.05, 4.69) is 62.6 Å². The van der Waals surface area contributed by atoms with Crippen molar-refractivity contribution in [2.24, 2.45) is 5.92 Å². The van der Waals surface area contributed by atoms with Gasteiger partial charge in [-0.1, -0.05) is 68.2 Å². The zero-order valence-corrected chi connectivity index (χ0v) is 11.7. The van der Waals surface area contributed by atoms with E-state index < -0.39 is 0 Å². The lowest BCUT2D eigenvalue weighted by Crippen LogP contribution is -2.10. The van der Waals surface area contributed by atoms with Gasteiger partial charge in [0.1, 0.15) is 0 Å². The van der Waals surface area contributed by atoms with Crippen molar-refractivity contribution in [3.8, 4) is 0 Å². The molecule has 0 aromatic carbocycles. The molecule has 1 fully saturated rings. The monoisotopic (exact) mass is 256 g/mol. The third-order valence-electron chi connectivity index (χ3n) is 3.28. The van der Waals surface area contributed by atoms with Gasteiger partial charge in [0, 0.05) is 16.9 Å². The summed E-state index contributed by atoms with van der Waals surface area (Å²) in [5.41, 5.74) is 3.54. The summed E-state index contributed by atoms with van der Waals surface area (Å²) in [6, 6.07) is 0. The van der Waals surface area contributed by atoms with E-state index in [0.717, 1.165) is 23.3 Å². The van der Waals surface area contributed by atoms with E-state index in [1.54, 1.807) is 0 Å². The van der Waals surface area contributed by atoms with Gasteiger partial charge in [0.05, 0.1) is 0 Å². The molecule has 0 bridgehead atoms. The molecule has 0 aromatic rings. The van der Waals surface area contributed by atoms with Crippen LogP contribution in [0.15, 0.2) is 72.4 Å². The van der Waals surface area contributed by atoms with Gasteiger partial charge in [-0.05, 0) is 17.6 Å². The molecular weight excluding hydrogens is 236 g/mol. The van der Waals surface area contributed by atoms with Crippen LogP contribution < -0.4 is 0 Å². The molecule has 2 aliphatic rings. The zero-order chi connectivity index (χ0) is 13.0. The lowest BCUT2D eigenvalue weighted by atomic mass is 9.91. The Morgan fingerprint density at radius 1 is 1.33 bits per heavy atom. The fraction of sp³-hybridized carbons (Fsp3) is 0.294. The van der Waals surface area contributed by atoms with E-state index in [9.17, 15) is 0 Å². The number of allylic oxidation sites excluding steroid dienone is 8. The second kappa shape index (κ2) is 6.10. The van der Waals surface area contributed by atoms with E-state index >= 15 is 0 Å². The summed E-state index contributed by atoms with van der Waals surface area (Å²) in [7, 11) is 0. The number of rotatable bonds is 4. The van der Waals surface area contributed by atoms with Gasteiger partial charge in [0.25, 0.3) is 0 Å². The summed E-state index contributed by atoms with van der Waals surface area (Å²) in [5.74, 6) is 1.66. The molecule has 1 heteroatoms. The molecule has 0 N–H and O–H groups in total. The molecule has 2 rings (SSSR count). The van der Waals surface area contributed by atoms with Crippen molar-refractivity contribution in [1.82, 2.24) is 0 Å². The first-order chi connectivity index (χ1) is 8.72. The minimum atomic E-state index is 0.555. The van der Waals surface area contributed by atoms with E-state index in [0.29, 0.717) is 11.2 Å². The molecule has 0 amide bonds. The maximum atomic E-state index is 4.13. The smallest absolute Gasteiger partial charge is 0.0334 e. The molecule has 0 saturated carbocycles. The normalized spacial score (nSPS) is 27.9. The lowest BCUT2D eigenvalue weighted by molar-refractivity contribution is 0.814. The Bertz CT molecular complexity index is 460. The Kier molecular flexibility index (Phi) is 4.48. The predicted octanol–water partition coefficient (Wildman–Crippen LogP) is 4.85. The van der Waals surface area contributed by atoms with Gasteiger partial charge in [-0.15, -0.1) is 11.8 Å². The number of fused-ring (bicyclic) bond motifs is 1. The van der Waals surface area contributed by atoms with Gasteiger partial charge in [-0.2, -0.15) is 0 Å². The third-order valence-corrected chi connectivity index (χ3v) is 4.62. The van der Waals surface area contributed by atoms with E-state index in [-0.39, 0.29) is 0 Å². The average molecular weight is 256 g/mol. The molecule has 1 heterocycles. The quantitative estimate of drug-likeness (QED) is 0.648. The van der Waals surface area contributed by atoms with Crippen LogP contribution in [0.4, 0.5) is 0 Å². The van der Waals surface area contributed by atoms with Crippen LogP contribution in [-0.2, 0) is 0 Å². The maximum Gasteiger partial charge on any atom is 0.0334 e. The largest absolute Gasteiger partial charge is 0.149 e. The van der Waals surface area contributed by atoms with Gasteiger partial charge in [0.15, 0.2) is 0 Å². The van der Waals surface area contributed by atoms with Crippen LogP contribution in [0.5, 0.6) is 0 Å². The molecular formula is C17H20S. The van der Waals surface area contributed by atoms with Gasteiger partial charge in [-0.3, -0.25) is 0 Å². The van der Waals surface area contributed by atoms with E-state index in [1.807, 2.05) is 11.8 Å². The molecule has 18 heavy (non-hydrogen) atoms. The lowest BCUT2D eigenvalue weighted by Gasteiger charge is -2.15. The Hall–Kier alpha value is -1.21. The standard InChI is InChI=1S/C17H20S/c1-4-5-8-13(2)14(3)11-15-12-18-17-10-7-6-9-16(15)17/h5-11,16-17H,2-4,12H2,1H3/b8-5-,15-11+. The van der Waals surface area contributed by atoms with Crippen molar-refractivity contribution >= 4 is 11.8 Å². The van der Waals surface area contributed by atoms with Gasteiger partial charge < -0.3 is 0 Å². The van der Waals surface area contributed by atoms with Crippen LogP contribution in [0.25, 0.3) is 0 Å². The SMILES string of the molecule is C=C(/C=C\CC)C(=C)/C=C1\CSC2C=CC=CC12. The summed E-state index contributed by atoms with van der Waals surface area (Å²) in [6.07, 6.45) is 16.3. The van der Waals surface area contributed by atoms with Crippen LogP contribution in [0.2, 0.25) is 0 Å². The second-order valence-electron chi connectivity index (χ2n) is 4.65. The molecule has 1 saturated heterocycles. The summed E-state index contributed by atoms with van der Waals surface area (Å²) in [6.45, 7) is 10.3. The molecule has 0 spiro atoms. The molecule has 1 aliphatic heterocycles. The predicted molar refractivity (Wildman–Crippen MR) is 83.8 cm³/mol. The highest BCUT2D eigenvalue weighted by Crippen LogP contribution is 2.40. The molecule has 0 radical (unpaired) electrons. The Morgan fingerprint density at radius 2 is 2.11 bits per heavy atom. The number of hydrogen-bond donors (Lipinski definition) is 0. The summed E-state index contributed by atoms with van der Waals surface area (Å²) < 4.78 is 0. The summed E-state index contributed by atoms with van der Waals surface area (Å²) in [5, 5.41) is 0.619.